The Morgan fingerprint density at radius 2 is 2.00 bits per heavy atom. The Kier molecular flexibility index (Phi) is 1.96. The van der Waals surface area contributed by atoms with Gasteiger partial charge in [0.05, 0.1) is 0 Å². The summed E-state index contributed by atoms with van der Waals surface area (Å²) in [5.41, 5.74) is 2.40. The lowest BCUT2D eigenvalue weighted by Gasteiger charge is -1.92. The fourth-order valence-electron chi connectivity index (χ4n) is 1.16. The summed E-state index contributed by atoms with van der Waals surface area (Å²) in [4.78, 5) is 0. The molecule has 0 saturated carbocycles. The van der Waals surface area contributed by atoms with Gasteiger partial charge in [0.1, 0.15) is 12.4 Å². The van der Waals surface area contributed by atoms with E-state index in [0.29, 0.717) is 6.61 Å². The van der Waals surface area contributed by atoms with Crippen LogP contribution in [0.1, 0.15) is 11.1 Å². The van der Waals surface area contributed by atoms with Gasteiger partial charge in [0, 0.05) is 11.1 Å². The van der Waals surface area contributed by atoms with Crippen molar-refractivity contribution in [3.05, 3.63) is 42.0 Å². The number of ether oxygens (including phenoxy) is 1. The zero-order chi connectivity index (χ0) is 6.97. The van der Waals surface area contributed by atoms with E-state index in [1.54, 1.807) is 0 Å². The summed E-state index contributed by atoms with van der Waals surface area (Å²) in [6.07, 6.45) is 0. The summed E-state index contributed by atoms with van der Waals surface area (Å²) in [5.74, 6) is 0.801. The molecule has 2 heteroatoms. The average molecular weight is 150 g/mol. The third kappa shape index (κ3) is 1.12. The van der Waals surface area contributed by atoms with E-state index in [2.05, 4.69) is 12.6 Å². The Bertz CT molecular complexity index is 279. The highest BCUT2D eigenvalue weighted by molar-refractivity contribution is 5.63. The summed E-state index contributed by atoms with van der Waals surface area (Å²) in [7, 11) is 0. The number of hydrogen-bond acceptors (Lipinski definition) is 1. The van der Waals surface area contributed by atoms with Gasteiger partial charge >= 0.3 is 0 Å². The zero-order valence-electron chi connectivity index (χ0n) is 6.13. The minimum Gasteiger partial charge on any atom is -0.489 e. The summed E-state index contributed by atoms with van der Waals surface area (Å²) in [6.45, 7) is 4.46. The van der Waals surface area contributed by atoms with E-state index in [1.165, 1.54) is 5.56 Å². The summed E-state index contributed by atoms with van der Waals surface area (Å²) in [5, 5.41) is 0. The van der Waals surface area contributed by atoms with Crippen molar-refractivity contribution in [3.63, 3.8) is 0 Å². The molecule has 1 aromatic carbocycles. The van der Waals surface area contributed by atoms with Crippen molar-refractivity contribution < 1.29 is 10.2 Å². The second-order valence-electron chi connectivity index (χ2n) is 2.37. The maximum Gasteiger partial charge on any atom is 0.120 e. The molecule has 1 aliphatic rings. The van der Waals surface area contributed by atoms with Gasteiger partial charge in [0.15, 0.2) is 0 Å². The largest absolute Gasteiger partial charge is 0.489 e. The van der Waals surface area contributed by atoms with E-state index in [0.717, 1.165) is 11.3 Å². The van der Waals surface area contributed by atoms with Gasteiger partial charge in [-0.1, -0.05) is 30.8 Å². The van der Waals surface area contributed by atoms with Gasteiger partial charge in [-0.25, -0.2) is 0 Å². The van der Waals surface area contributed by atoms with Gasteiger partial charge in [-0.2, -0.15) is 0 Å². The van der Waals surface area contributed by atoms with Gasteiger partial charge in [-0.05, 0) is 0 Å². The molecule has 0 saturated heterocycles. The first-order valence-corrected chi connectivity index (χ1v) is 3.28. The van der Waals surface area contributed by atoms with Crippen LogP contribution in [0.25, 0.3) is 5.76 Å². The average Bonchev–Trinajstić information content (AvgIpc) is 2.34. The van der Waals surface area contributed by atoms with Crippen molar-refractivity contribution >= 4 is 5.76 Å². The Balaban J connectivity index is 0.000000605. The molecule has 0 aromatic heterocycles. The summed E-state index contributed by atoms with van der Waals surface area (Å²) in [6, 6.07) is 8.11. The Labute approximate surface area is 65.4 Å². The lowest BCUT2D eigenvalue weighted by atomic mass is 10.1. The van der Waals surface area contributed by atoms with Crippen LogP contribution < -0.4 is 0 Å². The van der Waals surface area contributed by atoms with E-state index in [-0.39, 0.29) is 5.48 Å². The van der Waals surface area contributed by atoms with E-state index in [1.807, 2.05) is 18.2 Å². The highest BCUT2D eigenvalue weighted by Gasteiger charge is 2.13. The Hall–Kier alpha value is -1.28. The molecule has 2 rings (SSSR count). The number of benzene rings is 1. The van der Waals surface area contributed by atoms with Crippen LogP contribution in [0.3, 0.4) is 0 Å². The van der Waals surface area contributed by atoms with Crippen LogP contribution in [0.5, 0.6) is 0 Å². The normalized spacial score (nSPS) is 13.3. The van der Waals surface area contributed by atoms with Crippen LogP contribution >= 0.6 is 0 Å². The molecule has 0 aliphatic carbocycles. The van der Waals surface area contributed by atoms with Gasteiger partial charge in [-0.3, -0.25) is 0 Å². The number of rotatable bonds is 0. The monoisotopic (exact) mass is 150 g/mol. The second kappa shape index (κ2) is 2.76. The topological polar surface area (TPSA) is 40.7 Å². The van der Waals surface area contributed by atoms with Crippen molar-refractivity contribution in [1.82, 2.24) is 0 Å². The van der Waals surface area contributed by atoms with Gasteiger partial charge in [0.2, 0.25) is 0 Å². The van der Waals surface area contributed by atoms with Crippen LogP contribution in [0.15, 0.2) is 30.8 Å². The first kappa shape index (κ1) is 7.82. The smallest absolute Gasteiger partial charge is 0.120 e. The molecule has 0 amide bonds. The highest BCUT2D eigenvalue weighted by Crippen LogP contribution is 2.26. The first-order chi connectivity index (χ1) is 4.88. The molecule has 1 aliphatic heterocycles. The molecule has 0 fully saturated rings. The van der Waals surface area contributed by atoms with E-state index >= 15 is 0 Å². The molecule has 0 unspecified atom stereocenters. The molecule has 2 nitrogen and oxygen atoms in total. The quantitative estimate of drug-likeness (QED) is 0.550. The van der Waals surface area contributed by atoms with Crippen molar-refractivity contribution in [2.75, 3.05) is 0 Å². The first-order valence-electron chi connectivity index (χ1n) is 3.28. The molecular weight excluding hydrogens is 140 g/mol. The van der Waals surface area contributed by atoms with Gasteiger partial charge in [0.25, 0.3) is 0 Å². The van der Waals surface area contributed by atoms with Gasteiger partial charge in [-0.15, -0.1) is 0 Å². The minimum absolute atomic E-state index is 0. The lowest BCUT2D eigenvalue weighted by Crippen LogP contribution is -1.76. The van der Waals surface area contributed by atoms with Gasteiger partial charge < -0.3 is 10.2 Å². The maximum atomic E-state index is 5.23. The zero-order valence-corrected chi connectivity index (χ0v) is 6.13. The third-order valence-electron chi connectivity index (χ3n) is 1.72. The molecule has 0 atom stereocenters. The number of fused-ring (bicyclic) bond motifs is 1. The molecular formula is C9H10O2. The van der Waals surface area contributed by atoms with Crippen molar-refractivity contribution in [2.45, 2.75) is 6.61 Å². The second-order valence-corrected chi connectivity index (χ2v) is 2.37. The third-order valence-corrected chi connectivity index (χ3v) is 1.72. The van der Waals surface area contributed by atoms with Crippen LogP contribution in [-0.2, 0) is 11.3 Å². The molecule has 11 heavy (non-hydrogen) atoms. The summed E-state index contributed by atoms with van der Waals surface area (Å²) < 4.78 is 5.23. The van der Waals surface area contributed by atoms with Crippen LogP contribution in [-0.4, -0.2) is 5.48 Å². The molecule has 0 spiro atoms. The fourth-order valence-corrected chi connectivity index (χ4v) is 1.16. The molecule has 2 N–H and O–H groups in total. The molecule has 1 aromatic rings. The summed E-state index contributed by atoms with van der Waals surface area (Å²) >= 11 is 0. The van der Waals surface area contributed by atoms with E-state index in [4.69, 9.17) is 4.74 Å². The van der Waals surface area contributed by atoms with Crippen molar-refractivity contribution in [2.24, 2.45) is 0 Å². The lowest BCUT2D eigenvalue weighted by molar-refractivity contribution is 0.286. The Morgan fingerprint density at radius 3 is 2.73 bits per heavy atom. The number of hydrogen-bond donors (Lipinski definition) is 0. The molecule has 1 heterocycles. The van der Waals surface area contributed by atoms with Crippen molar-refractivity contribution in [1.29, 1.82) is 0 Å². The fraction of sp³-hybridized carbons (Fsp3) is 0.111. The predicted molar refractivity (Wildman–Crippen MR) is 43.9 cm³/mol. The van der Waals surface area contributed by atoms with Crippen LogP contribution in [0, 0.1) is 0 Å². The van der Waals surface area contributed by atoms with Crippen molar-refractivity contribution in [3.8, 4) is 0 Å². The van der Waals surface area contributed by atoms with E-state index in [9.17, 15) is 0 Å². The van der Waals surface area contributed by atoms with Crippen LogP contribution in [0.2, 0.25) is 0 Å². The molecule has 0 radical (unpaired) electrons. The van der Waals surface area contributed by atoms with Crippen LogP contribution in [0.4, 0.5) is 0 Å². The standard InChI is InChI=1S/C9H8O.H2O/c1-7-9-5-3-2-4-8(9)6-10-7;/h2-5H,1,6H2;1H2. The predicted octanol–water partition coefficient (Wildman–Crippen LogP) is 1.36. The maximum absolute atomic E-state index is 5.23. The Morgan fingerprint density at radius 1 is 1.27 bits per heavy atom. The molecule has 0 bridgehead atoms. The SMILES string of the molecule is C=C1OCc2ccccc21.O. The molecule has 58 valence electrons. The highest BCUT2D eigenvalue weighted by atomic mass is 16.5. The minimum atomic E-state index is 0. The van der Waals surface area contributed by atoms with E-state index < -0.39 is 0 Å².